The monoisotopic (exact) mass is 239 g/mol. The van der Waals surface area contributed by atoms with Crippen LogP contribution in [0.25, 0.3) is 0 Å². The second-order valence-corrected chi connectivity index (χ2v) is 6.16. The molecule has 1 atom stereocenters. The SMILES string of the molecule is C[C@H]1CCCCN1S(=O)(=O)c1ccccc1. The second-order valence-electron chi connectivity index (χ2n) is 4.27. The minimum atomic E-state index is -3.28. The van der Waals surface area contributed by atoms with Crippen LogP contribution in [-0.4, -0.2) is 25.3 Å². The van der Waals surface area contributed by atoms with Gasteiger partial charge in [-0.05, 0) is 31.9 Å². The Morgan fingerprint density at radius 2 is 1.88 bits per heavy atom. The molecule has 0 radical (unpaired) electrons. The number of hydrogen-bond donors (Lipinski definition) is 0. The highest BCUT2D eigenvalue weighted by Crippen LogP contribution is 2.24. The largest absolute Gasteiger partial charge is 0.243 e. The molecule has 1 saturated heterocycles. The lowest BCUT2D eigenvalue weighted by atomic mass is 10.1. The molecule has 1 aliphatic heterocycles. The van der Waals surface area contributed by atoms with E-state index in [2.05, 4.69) is 0 Å². The fourth-order valence-corrected chi connectivity index (χ4v) is 3.88. The van der Waals surface area contributed by atoms with E-state index >= 15 is 0 Å². The Morgan fingerprint density at radius 1 is 1.19 bits per heavy atom. The fourth-order valence-electron chi connectivity index (χ4n) is 2.16. The Morgan fingerprint density at radius 3 is 2.50 bits per heavy atom. The molecule has 1 aromatic carbocycles. The van der Waals surface area contributed by atoms with Crippen LogP contribution >= 0.6 is 0 Å². The van der Waals surface area contributed by atoms with Gasteiger partial charge in [-0.15, -0.1) is 0 Å². The highest BCUT2D eigenvalue weighted by atomic mass is 32.2. The summed E-state index contributed by atoms with van der Waals surface area (Å²) in [4.78, 5) is 0.406. The van der Waals surface area contributed by atoms with Crippen molar-refractivity contribution in [2.45, 2.75) is 37.1 Å². The molecular formula is C12H17NO2S. The first kappa shape index (κ1) is 11.6. The van der Waals surface area contributed by atoms with Gasteiger partial charge < -0.3 is 0 Å². The Hall–Kier alpha value is -0.870. The van der Waals surface area contributed by atoms with Crippen LogP contribution in [0.4, 0.5) is 0 Å². The van der Waals surface area contributed by atoms with Gasteiger partial charge in [-0.3, -0.25) is 0 Å². The number of benzene rings is 1. The molecule has 1 fully saturated rings. The molecule has 0 N–H and O–H groups in total. The number of hydrogen-bond acceptors (Lipinski definition) is 2. The highest BCUT2D eigenvalue weighted by molar-refractivity contribution is 7.89. The normalized spacial score (nSPS) is 23.2. The Kier molecular flexibility index (Phi) is 3.30. The fraction of sp³-hybridized carbons (Fsp3) is 0.500. The van der Waals surface area contributed by atoms with Gasteiger partial charge in [-0.1, -0.05) is 24.6 Å². The number of piperidine rings is 1. The van der Waals surface area contributed by atoms with E-state index in [4.69, 9.17) is 0 Å². The summed E-state index contributed by atoms with van der Waals surface area (Å²) in [5, 5.41) is 0. The van der Waals surface area contributed by atoms with Gasteiger partial charge in [0.1, 0.15) is 0 Å². The van der Waals surface area contributed by atoms with Gasteiger partial charge in [0, 0.05) is 12.6 Å². The summed E-state index contributed by atoms with van der Waals surface area (Å²) >= 11 is 0. The lowest BCUT2D eigenvalue weighted by Gasteiger charge is -2.32. The van der Waals surface area contributed by atoms with Gasteiger partial charge in [-0.25, -0.2) is 8.42 Å². The van der Waals surface area contributed by atoms with Crippen LogP contribution in [0, 0.1) is 0 Å². The molecule has 4 heteroatoms. The third kappa shape index (κ3) is 2.13. The van der Waals surface area contributed by atoms with E-state index in [1.165, 1.54) is 0 Å². The van der Waals surface area contributed by atoms with Crippen molar-refractivity contribution >= 4 is 10.0 Å². The summed E-state index contributed by atoms with van der Waals surface area (Å²) in [6.45, 7) is 2.64. The quantitative estimate of drug-likeness (QED) is 0.793. The molecule has 16 heavy (non-hydrogen) atoms. The summed E-state index contributed by atoms with van der Waals surface area (Å²) in [7, 11) is -3.28. The molecule has 1 aromatic rings. The summed E-state index contributed by atoms with van der Waals surface area (Å²) in [5.74, 6) is 0. The zero-order valence-corrected chi connectivity index (χ0v) is 10.3. The van der Waals surface area contributed by atoms with E-state index in [9.17, 15) is 8.42 Å². The molecule has 0 aliphatic carbocycles. The van der Waals surface area contributed by atoms with E-state index in [0.29, 0.717) is 11.4 Å². The van der Waals surface area contributed by atoms with Crippen molar-refractivity contribution in [3.05, 3.63) is 30.3 Å². The third-order valence-electron chi connectivity index (χ3n) is 3.09. The first-order valence-electron chi connectivity index (χ1n) is 5.69. The van der Waals surface area contributed by atoms with Gasteiger partial charge in [0.2, 0.25) is 10.0 Å². The van der Waals surface area contributed by atoms with Crippen LogP contribution in [0.5, 0.6) is 0 Å². The molecule has 1 heterocycles. The maximum atomic E-state index is 12.3. The molecule has 1 aliphatic rings. The zero-order chi connectivity index (χ0) is 11.6. The van der Waals surface area contributed by atoms with Crippen molar-refractivity contribution in [1.29, 1.82) is 0 Å². The number of rotatable bonds is 2. The molecule has 0 saturated carbocycles. The van der Waals surface area contributed by atoms with Crippen molar-refractivity contribution in [2.75, 3.05) is 6.54 Å². The average Bonchev–Trinajstić information content (AvgIpc) is 2.30. The van der Waals surface area contributed by atoms with E-state index in [1.807, 2.05) is 13.0 Å². The van der Waals surface area contributed by atoms with Crippen LogP contribution in [-0.2, 0) is 10.0 Å². The summed E-state index contributed by atoms with van der Waals surface area (Å²) < 4.78 is 26.3. The molecule has 0 unspecified atom stereocenters. The average molecular weight is 239 g/mol. The van der Waals surface area contributed by atoms with Crippen molar-refractivity contribution in [1.82, 2.24) is 4.31 Å². The molecular weight excluding hydrogens is 222 g/mol. The van der Waals surface area contributed by atoms with E-state index in [-0.39, 0.29) is 6.04 Å². The predicted octanol–water partition coefficient (Wildman–Crippen LogP) is 2.25. The van der Waals surface area contributed by atoms with Gasteiger partial charge >= 0.3 is 0 Å². The molecule has 0 aromatic heterocycles. The van der Waals surface area contributed by atoms with Crippen LogP contribution in [0.2, 0.25) is 0 Å². The first-order valence-corrected chi connectivity index (χ1v) is 7.13. The van der Waals surface area contributed by atoms with Crippen molar-refractivity contribution in [2.24, 2.45) is 0 Å². The van der Waals surface area contributed by atoms with E-state index in [1.54, 1.807) is 28.6 Å². The van der Waals surface area contributed by atoms with Crippen molar-refractivity contribution in [3.8, 4) is 0 Å². The lowest BCUT2D eigenvalue weighted by Crippen LogP contribution is -2.41. The molecule has 2 rings (SSSR count). The van der Waals surface area contributed by atoms with Crippen molar-refractivity contribution < 1.29 is 8.42 Å². The predicted molar refractivity (Wildman–Crippen MR) is 63.6 cm³/mol. The Balaban J connectivity index is 2.32. The number of nitrogens with zero attached hydrogens (tertiary/aromatic N) is 1. The van der Waals surface area contributed by atoms with Gasteiger partial charge in [0.25, 0.3) is 0 Å². The molecule has 0 amide bonds. The van der Waals surface area contributed by atoms with E-state index in [0.717, 1.165) is 19.3 Å². The highest BCUT2D eigenvalue weighted by Gasteiger charge is 2.30. The van der Waals surface area contributed by atoms with Gasteiger partial charge in [0.05, 0.1) is 4.90 Å². The summed E-state index contributed by atoms with van der Waals surface area (Å²) in [6.07, 6.45) is 3.06. The van der Waals surface area contributed by atoms with Crippen LogP contribution in [0.3, 0.4) is 0 Å². The van der Waals surface area contributed by atoms with E-state index < -0.39 is 10.0 Å². The van der Waals surface area contributed by atoms with Gasteiger partial charge in [-0.2, -0.15) is 4.31 Å². The molecule has 88 valence electrons. The zero-order valence-electron chi connectivity index (χ0n) is 9.46. The molecule has 0 bridgehead atoms. The number of sulfonamides is 1. The minimum absolute atomic E-state index is 0.124. The maximum Gasteiger partial charge on any atom is 0.243 e. The van der Waals surface area contributed by atoms with Crippen LogP contribution in [0.1, 0.15) is 26.2 Å². The molecule has 3 nitrogen and oxygen atoms in total. The lowest BCUT2D eigenvalue weighted by molar-refractivity contribution is 0.268. The Labute approximate surface area is 97.1 Å². The first-order chi connectivity index (χ1) is 7.62. The second kappa shape index (κ2) is 4.55. The minimum Gasteiger partial charge on any atom is -0.207 e. The molecule has 0 spiro atoms. The summed E-state index contributed by atoms with van der Waals surface area (Å²) in [6, 6.07) is 8.81. The Bertz CT molecular complexity index is 441. The smallest absolute Gasteiger partial charge is 0.207 e. The topological polar surface area (TPSA) is 37.4 Å². The van der Waals surface area contributed by atoms with Gasteiger partial charge in [0.15, 0.2) is 0 Å². The van der Waals surface area contributed by atoms with Crippen LogP contribution < -0.4 is 0 Å². The maximum absolute atomic E-state index is 12.3. The summed E-state index contributed by atoms with van der Waals surface area (Å²) in [5.41, 5.74) is 0. The van der Waals surface area contributed by atoms with Crippen molar-refractivity contribution in [3.63, 3.8) is 0 Å². The van der Waals surface area contributed by atoms with Crippen LogP contribution in [0.15, 0.2) is 35.2 Å². The third-order valence-corrected chi connectivity index (χ3v) is 5.12. The standard InChI is InChI=1S/C12H17NO2S/c1-11-7-5-6-10-13(11)16(14,15)12-8-3-2-4-9-12/h2-4,8-9,11H,5-7,10H2,1H3/t11-/m0/s1.